The highest BCUT2D eigenvalue weighted by atomic mass is 16.5. The van der Waals surface area contributed by atoms with Crippen molar-refractivity contribution in [2.75, 3.05) is 7.11 Å². The predicted molar refractivity (Wildman–Crippen MR) is 110 cm³/mol. The van der Waals surface area contributed by atoms with Crippen LogP contribution in [0.25, 0.3) is 0 Å². The van der Waals surface area contributed by atoms with E-state index in [2.05, 4.69) is 5.32 Å². The molecular weight excluding hydrogens is 350 g/mol. The van der Waals surface area contributed by atoms with E-state index in [-0.39, 0.29) is 5.91 Å². The largest absolute Gasteiger partial charge is 0.380 e. The van der Waals surface area contributed by atoms with Crippen molar-refractivity contribution in [2.45, 2.75) is 26.4 Å². The van der Waals surface area contributed by atoms with E-state index in [0.717, 1.165) is 22.3 Å². The highest BCUT2D eigenvalue weighted by Gasteiger charge is 2.08. The third kappa shape index (κ3) is 5.78. The van der Waals surface area contributed by atoms with Crippen molar-refractivity contribution in [3.63, 3.8) is 0 Å². The van der Waals surface area contributed by atoms with Crippen LogP contribution < -0.4 is 5.32 Å². The molecule has 0 bridgehead atoms. The summed E-state index contributed by atoms with van der Waals surface area (Å²) in [4.78, 5) is 12.4. The van der Waals surface area contributed by atoms with Crippen LogP contribution in [0.1, 0.15) is 32.6 Å². The van der Waals surface area contributed by atoms with E-state index in [1.807, 2.05) is 78.9 Å². The molecule has 0 aliphatic rings. The van der Waals surface area contributed by atoms with Crippen LogP contribution in [0.4, 0.5) is 0 Å². The van der Waals surface area contributed by atoms with E-state index in [0.29, 0.717) is 31.9 Å². The quantitative estimate of drug-likeness (QED) is 0.600. The minimum absolute atomic E-state index is 0.0935. The molecule has 3 aromatic carbocycles. The molecule has 0 radical (unpaired) electrons. The SMILES string of the molecule is COCc1ccc(C(=O)NCc2ccccc2COCc2ccccc2)cc1. The van der Waals surface area contributed by atoms with Crippen molar-refractivity contribution >= 4 is 5.91 Å². The van der Waals surface area contributed by atoms with Crippen LogP contribution in [0.5, 0.6) is 0 Å². The first kappa shape index (κ1) is 19.8. The number of hydrogen-bond donors (Lipinski definition) is 1. The molecule has 0 aliphatic heterocycles. The van der Waals surface area contributed by atoms with Gasteiger partial charge in [0.05, 0.1) is 19.8 Å². The molecular formula is C24H25NO3. The Morgan fingerprint density at radius 3 is 2.11 bits per heavy atom. The van der Waals surface area contributed by atoms with E-state index in [1.165, 1.54) is 0 Å². The number of benzene rings is 3. The zero-order valence-electron chi connectivity index (χ0n) is 16.1. The normalized spacial score (nSPS) is 10.6. The fourth-order valence-electron chi connectivity index (χ4n) is 2.92. The summed E-state index contributed by atoms with van der Waals surface area (Å²) in [6.07, 6.45) is 0. The number of ether oxygens (including phenoxy) is 2. The van der Waals surface area contributed by atoms with Crippen LogP contribution in [0, 0.1) is 0 Å². The van der Waals surface area contributed by atoms with Crippen molar-refractivity contribution < 1.29 is 14.3 Å². The lowest BCUT2D eigenvalue weighted by Crippen LogP contribution is -2.23. The summed E-state index contributed by atoms with van der Waals surface area (Å²) in [6.45, 7) is 2.07. The molecule has 0 spiro atoms. The molecule has 0 aromatic heterocycles. The van der Waals surface area contributed by atoms with Gasteiger partial charge in [0.2, 0.25) is 0 Å². The van der Waals surface area contributed by atoms with Gasteiger partial charge in [-0.05, 0) is 34.4 Å². The lowest BCUT2D eigenvalue weighted by atomic mass is 10.1. The topological polar surface area (TPSA) is 47.6 Å². The van der Waals surface area contributed by atoms with Gasteiger partial charge in [0.25, 0.3) is 5.91 Å². The molecule has 0 saturated carbocycles. The van der Waals surface area contributed by atoms with E-state index < -0.39 is 0 Å². The first-order valence-electron chi connectivity index (χ1n) is 9.31. The van der Waals surface area contributed by atoms with Crippen molar-refractivity contribution in [3.8, 4) is 0 Å². The molecule has 0 fully saturated rings. The number of methoxy groups -OCH3 is 1. The Hall–Kier alpha value is -2.95. The Morgan fingerprint density at radius 2 is 1.39 bits per heavy atom. The van der Waals surface area contributed by atoms with Gasteiger partial charge in [0.1, 0.15) is 0 Å². The maximum atomic E-state index is 12.4. The molecule has 3 rings (SSSR count). The van der Waals surface area contributed by atoms with E-state index in [4.69, 9.17) is 9.47 Å². The van der Waals surface area contributed by atoms with Gasteiger partial charge in [-0.1, -0.05) is 66.7 Å². The summed E-state index contributed by atoms with van der Waals surface area (Å²) in [7, 11) is 1.65. The Morgan fingerprint density at radius 1 is 0.750 bits per heavy atom. The first-order chi connectivity index (χ1) is 13.8. The highest BCUT2D eigenvalue weighted by Crippen LogP contribution is 2.12. The summed E-state index contributed by atoms with van der Waals surface area (Å²) in [6, 6.07) is 25.6. The maximum Gasteiger partial charge on any atom is 0.251 e. The summed E-state index contributed by atoms with van der Waals surface area (Å²) in [5.74, 6) is -0.0935. The van der Waals surface area contributed by atoms with E-state index >= 15 is 0 Å². The van der Waals surface area contributed by atoms with Gasteiger partial charge in [-0.2, -0.15) is 0 Å². The average Bonchev–Trinajstić information content (AvgIpc) is 2.74. The lowest BCUT2D eigenvalue weighted by Gasteiger charge is -2.12. The molecule has 3 aromatic rings. The standard InChI is InChI=1S/C24H25NO3/c1-27-16-20-11-13-21(14-12-20)24(26)25-15-22-9-5-6-10-23(22)18-28-17-19-7-3-2-4-8-19/h2-14H,15-18H2,1H3,(H,25,26). The fourth-order valence-corrected chi connectivity index (χ4v) is 2.92. The van der Waals surface area contributed by atoms with Crippen molar-refractivity contribution in [3.05, 3.63) is 107 Å². The molecule has 28 heavy (non-hydrogen) atoms. The third-order valence-corrected chi connectivity index (χ3v) is 4.45. The number of amides is 1. The van der Waals surface area contributed by atoms with Crippen molar-refractivity contribution in [1.29, 1.82) is 0 Å². The number of hydrogen-bond acceptors (Lipinski definition) is 3. The fraction of sp³-hybridized carbons (Fsp3) is 0.208. The van der Waals surface area contributed by atoms with Crippen LogP contribution in [0.2, 0.25) is 0 Å². The van der Waals surface area contributed by atoms with Crippen molar-refractivity contribution in [1.82, 2.24) is 5.32 Å². The van der Waals surface area contributed by atoms with Gasteiger partial charge in [0, 0.05) is 19.2 Å². The number of nitrogens with one attached hydrogen (secondary N) is 1. The van der Waals surface area contributed by atoms with Crippen LogP contribution in [-0.4, -0.2) is 13.0 Å². The first-order valence-corrected chi connectivity index (χ1v) is 9.31. The molecule has 0 atom stereocenters. The van der Waals surface area contributed by atoms with Crippen molar-refractivity contribution in [2.24, 2.45) is 0 Å². The Balaban J connectivity index is 1.54. The van der Waals surface area contributed by atoms with Gasteiger partial charge in [-0.15, -0.1) is 0 Å². The molecule has 0 unspecified atom stereocenters. The minimum atomic E-state index is -0.0935. The molecule has 0 heterocycles. The second-order valence-corrected chi connectivity index (χ2v) is 6.56. The van der Waals surface area contributed by atoms with Crippen LogP contribution in [0.3, 0.4) is 0 Å². The van der Waals surface area contributed by atoms with Crippen LogP contribution in [-0.2, 0) is 35.8 Å². The summed E-state index contributed by atoms with van der Waals surface area (Å²) in [5.41, 5.74) is 4.96. The second kappa shape index (κ2) is 10.4. The molecule has 0 aliphatic carbocycles. The van der Waals surface area contributed by atoms with E-state index in [9.17, 15) is 4.79 Å². The molecule has 4 nitrogen and oxygen atoms in total. The Kier molecular flexibility index (Phi) is 7.36. The van der Waals surface area contributed by atoms with Gasteiger partial charge >= 0.3 is 0 Å². The summed E-state index contributed by atoms with van der Waals surface area (Å²) >= 11 is 0. The Bertz CT molecular complexity index is 876. The molecule has 4 heteroatoms. The summed E-state index contributed by atoms with van der Waals surface area (Å²) < 4.78 is 10.9. The van der Waals surface area contributed by atoms with Gasteiger partial charge in [0.15, 0.2) is 0 Å². The number of carbonyl (C=O) groups excluding carboxylic acids is 1. The van der Waals surface area contributed by atoms with E-state index in [1.54, 1.807) is 7.11 Å². The molecule has 1 N–H and O–H groups in total. The van der Waals surface area contributed by atoms with Gasteiger partial charge in [-0.25, -0.2) is 0 Å². The smallest absolute Gasteiger partial charge is 0.251 e. The third-order valence-electron chi connectivity index (χ3n) is 4.45. The van der Waals surface area contributed by atoms with Gasteiger partial charge in [-0.3, -0.25) is 4.79 Å². The zero-order chi connectivity index (χ0) is 19.6. The van der Waals surface area contributed by atoms with Crippen LogP contribution >= 0.6 is 0 Å². The second-order valence-electron chi connectivity index (χ2n) is 6.56. The molecule has 1 amide bonds. The number of carbonyl (C=O) groups is 1. The predicted octanol–water partition coefficient (Wildman–Crippen LogP) is 4.48. The van der Waals surface area contributed by atoms with Gasteiger partial charge < -0.3 is 14.8 Å². The summed E-state index contributed by atoms with van der Waals surface area (Å²) in [5, 5.41) is 2.99. The zero-order valence-corrected chi connectivity index (χ0v) is 16.1. The Labute approximate surface area is 166 Å². The van der Waals surface area contributed by atoms with Crippen LogP contribution in [0.15, 0.2) is 78.9 Å². The molecule has 0 saturated heterocycles. The average molecular weight is 375 g/mol. The molecule has 144 valence electrons. The maximum absolute atomic E-state index is 12.4. The minimum Gasteiger partial charge on any atom is -0.380 e. The number of rotatable bonds is 9. The highest BCUT2D eigenvalue weighted by molar-refractivity contribution is 5.94. The monoisotopic (exact) mass is 375 g/mol. The lowest BCUT2D eigenvalue weighted by molar-refractivity contribution is 0.0947.